The number of halogens is 2. The summed E-state index contributed by atoms with van der Waals surface area (Å²) in [6.45, 7) is 0.305. The summed E-state index contributed by atoms with van der Waals surface area (Å²) in [6, 6.07) is 17.9. The van der Waals surface area contributed by atoms with Crippen LogP contribution in [-0.2, 0) is 11.3 Å². The second kappa shape index (κ2) is 8.86. The highest BCUT2D eigenvalue weighted by atomic mass is 35.5. The van der Waals surface area contributed by atoms with Crippen molar-refractivity contribution < 1.29 is 9.59 Å². The third-order valence-corrected chi connectivity index (χ3v) is 5.73. The van der Waals surface area contributed by atoms with Gasteiger partial charge < -0.3 is 10.6 Å². The SMILES string of the molecule is O=C(NCc1ccccn1)c1ccc(NC(=O)C2CC2c2ccccc2Cl)cc1Cl. The van der Waals surface area contributed by atoms with Crippen LogP contribution in [0.2, 0.25) is 10.0 Å². The molecule has 2 atom stereocenters. The van der Waals surface area contributed by atoms with Crippen molar-refractivity contribution in [2.45, 2.75) is 18.9 Å². The molecule has 2 amide bonds. The molecular formula is C23H19Cl2N3O2. The molecule has 5 nitrogen and oxygen atoms in total. The number of nitrogens with zero attached hydrogens (tertiary/aromatic N) is 1. The molecule has 0 bridgehead atoms. The zero-order valence-corrected chi connectivity index (χ0v) is 17.5. The fraction of sp³-hybridized carbons (Fsp3) is 0.174. The van der Waals surface area contributed by atoms with Crippen LogP contribution in [0.25, 0.3) is 0 Å². The van der Waals surface area contributed by atoms with Gasteiger partial charge in [-0.1, -0.05) is 47.5 Å². The standard InChI is InChI=1S/C23H19Cl2N3O2/c24-20-7-2-1-6-16(20)18-12-19(18)23(30)28-14-8-9-17(21(25)11-14)22(29)27-13-15-5-3-4-10-26-15/h1-11,18-19H,12-13H2,(H,27,29)(H,28,30). The molecule has 0 spiro atoms. The van der Waals surface area contributed by atoms with Crippen LogP contribution in [0.15, 0.2) is 66.9 Å². The molecule has 3 aromatic rings. The summed E-state index contributed by atoms with van der Waals surface area (Å²) in [5, 5.41) is 6.62. The maximum atomic E-state index is 12.6. The van der Waals surface area contributed by atoms with Crippen LogP contribution in [0.5, 0.6) is 0 Å². The second-order valence-electron chi connectivity index (χ2n) is 7.16. The summed E-state index contributed by atoms with van der Waals surface area (Å²) >= 11 is 12.5. The zero-order chi connectivity index (χ0) is 21.1. The topological polar surface area (TPSA) is 71.1 Å². The van der Waals surface area contributed by atoms with E-state index in [2.05, 4.69) is 15.6 Å². The lowest BCUT2D eigenvalue weighted by Gasteiger charge is -2.10. The summed E-state index contributed by atoms with van der Waals surface area (Å²) in [5.41, 5.74) is 2.64. The van der Waals surface area contributed by atoms with Crippen molar-refractivity contribution in [2.75, 3.05) is 5.32 Å². The molecule has 1 aromatic heterocycles. The van der Waals surface area contributed by atoms with Crippen molar-refractivity contribution in [1.29, 1.82) is 0 Å². The predicted molar refractivity (Wildman–Crippen MR) is 118 cm³/mol. The smallest absolute Gasteiger partial charge is 0.253 e. The Labute approximate surface area is 184 Å². The number of amides is 2. The van der Waals surface area contributed by atoms with Gasteiger partial charge in [0.25, 0.3) is 5.91 Å². The van der Waals surface area contributed by atoms with Gasteiger partial charge in [0.15, 0.2) is 0 Å². The molecule has 0 aliphatic heterocycles. The Hall–Kier alpha value is -2.89. The summed E-state index contributed by atoms with van der Waals surface area (Å²) in [7, 11) is 0. The number of hydrogen-bond acceptors (Lipinski definition) is 3. The van der Waals surface area contributed by atoms with E-state index in [0.717, 1.165) is 17.7 Å². The van der Waals surface area contributed by atoms with Crippen molar-refractivity contribution in [1.82, 2.24) is 10.3 Å². The highest BCUT2D eigenvalue weighted by Gasteiger charge is 2.44. The molecule has 1 aliphatic carbocycles. The first-order chi connectivity index (χ1) is 14.5. The van der Waals surface area contributed by atoms with Gasteiger partial charge in [0, 0.05) is 22.8 Å². The second-order valence-corrected chi connectivity index (χ2v) is 7.97. The third-order valence-electron chi connectivity index (χ3n) is 5.07. The lowest BCUT2D eigenvalue weighted by molar-refractivity contribution is -0.117. The van der Waals surface area contributed by atoms with Crippen molar-refractivity contribution >= 4 is 40.7 Å². The quantitative estimate of drug-likeness (QED) is 0.563. The van der Waals surface area contributed by atoms with Gasteiger partial charge in [-0.3, -0.25) is 14.6 Å². The maximum absolute atomic E-state index is 12.6. The number of carbonyl (C=O) groups excluding carboxylic acids is 2. The fourth-order valence-corrected chi connectivity index (χ4v) is 3.93. The van der Waals surface area contributed by atoms with Crippen LogP contribution in [-0.4, -0.2) is 16.8 Å². The number of hydrogen-bond donors (Lipinski definition) is 2. The molecule has 2 aromatic carbocycles. The highest BCUT2D eigenvalue weighted by Crippen LogP contribution is 2.50. The summed E-state index contributed by atoms with van der Waals surface area (Å²) in [4.78, 5) is 29.1. The molecule has 1 aliphatic rings. The van der Waals surface area contributed by atoms with Crippen LogP contribution in [0.4, 0.5) is 5.69 Å². The number of anilines is 1. The molecule has 152 valence electrons. The molecule has 1 heterocycles. The number of benzene rings is 2. The maximum Gasteiger partial charge on any atom is 0.253 e. The minimum atomic E-state index is -0.301. The minimum absolute atomic E-state index is 0.0802. The van der Waals surface area contributed by atoms with Gasteiger partial charge in [-0.2, -0.15) is 0 Å². The van der Waals surface area contributed by atoms with E-state index in [1.165, 1.54) is 0 Å². The molecule has 0 saturated heterocycles. The molecule has 30 heavy (non-hydrogen) atoms. The van der Waals surface area contributed by atoms with Crippen molar-refractivity contribution in [3.8, 4) is 0 Å². The molecular weight excluding hydrogens is 421 g/mol. The predicted octanol–water partition coefficient (Wildman–Crippen LogP) is 5.06. The summed E-state index contributed by atoms with van der Waals surface area (Å²) in [6.07, 6.45) is 2.43. The average Bonchev–Trinajstić information content (AvgIpc) is 3.54. The molecule has 1 saturated carbocycles. The number of rotatable bonds is 6. The number of nitrogens with one attached hydrogen (secondary N) is 2. The van der Waals surface area contributed by atoms with Crippen LogP contribution in [0, 0.1) is 5.92 Å². The summed E-state index contributed by atoms with van der Waals surface area (Å²) < 4.78 is 0. The van der Waals surface area contributed by atoms with Crippen LogP contribution in [0.3, 0.4) is 0 Å². The van der Waals surface area contributed by atoms with Crippen molar-refractivity contribution in [3.05, 3.63) is 93.7 Å². The Morgan fingerprint density at radius 1 is 1.00 bits per heavy atom. The van der Waals surface area contributed by atoms with Gasteiger partial charge in [-0.15, -0.1) is 0 Å². The van der Waals surface area contributed by atoms with Gasteiger partial charge in [0.2, 0.25) is 5.91 Å². The van der Waals surface area contributed by atoms with E-state index >= 15 is 0 Å². The monoisotopic (exact) mass is 439 g/mol. The molecule has 1 fully saturated rings. The minimum Gasteiger partial charge on any atom is -0.346 e. The Morgan fingerprint density at radius 3 is 2.53 bits per heavy atom. The lowest BCUT2D eigenvalue weighted by atomic mass is 10.1. The summed E-state index contributed by atoms with van der Waals surface area (Å²) in [5.74, 6) is -0.372. The van der Waals surface area contributed by atoms with Gasteiger partial charge in [-0.25, -0.2) is 0 Å². The van der Waals surface area contributed by atoms with E-state index in [1.54, 1.807) is 24.4 Å². The molecule has 2 unspecified atom stereocenters. The normalized spacial score (nSPS) is 17.3. The number of pyridine rings is 1. The van der Waals surface area contributed by atoms with Gasteiger partial charge in [0.05, 0.1) is 22.8 Å². The van der Waals surface area contributed by atoms with Gasteiger partial charge >= 0.3 is 0 Å². The zero-order valence-electron chi connectivity index (χ0n) is 15.9. The van der Waals surface area contributed by atoms with E-state index in [0.29, 0.717) is 22.8 Å². The molecule has 4 rings (SSSR count). The Kier molecular flexibility index (Phi) is 6.02. The first-order valence-electron chi connectivity index (χ1n) is 9.56. The van der Waals surface area contributed by atoms with Gasteiger partial charge in [-0.05, 0) is 54.3 Å². The van der Waals surface area contributed by atoms with E-state index in [4.69, 9.17) is 23.2 Å². The van der Waals surface area contributed by atoms with E-state index < -0.39 is 0 Å². The van der Waals surface area contributed by atoms with Gasteiger partial charge in [0.1, 0.15) is 0 Å². The van der Waals surface area contributed by atoms with Crippen LogP contribution >= 0.6 is 23.2 Å². The van der Waals surface area contributed by atoms with Crippen LogP contribution in [0.1, 0.15) is 34.0 Å². The fourth-order valence-electron chi connectivity index (χ4n) is 3.39. The number of aromatic nitrogens is 1. The number of carbonyl (C=O) groups is 2. The Bertz CT molecular complexity index is 1090. The van der Waals surface area contributed by atoms with Crippen molar-refractivity contribution in [2.24, 2.45) is 5.92 Å². The first-order valence-corrected chi connectivity index (χ1v) is 10.3. The molecule has 0 radical (unpaired) electrons. The van der Waals surface area contributed by atoms with Crippen LogP contribution < -0.4 is 10.6 Å². The molecule has 7 heteroatoms. The van der Waals surface area contributed by atoms with E-state index in [9.17, 15) is 9.59 Å². The molecule has 2 N–H and O–H groups in total. The highest BCUT2D eigenvalue weighted by molar-refractivity contribution is 6.34. The van der Waals surface area contributed by atoms with E-state index in [1.807, 2.05) is 42.5 Å². The largest absolute Gasteiger partial charge is 0.346 e. The lowest BCUT2D eigenvalue weighted by Crippen LogP contribution is -2.23. The van der Waals surface area contributed by atoms with E-state index in [-0.39, 0.29) is 28.7 Å². The Morgan fingerprint density at radius 2 is 1.80 bits per heavy atom. The first kappa shape index (κ1) is 20.4. The average molecular weight is 440 g/mol. The Balaban J connectivity index is 1.36. The van der Waals surface area contributed by atoms with Crippen molar-refractivity contribution in [3.63, 3.8) is 0 Å². The third kappa shape index (κ3) is 4.64.